The van der Waals surface area contributed by atoms with Crippen molar-refractivity contribution >= 4 is 29.5 Å². The van der Waals surface area contributed by atoms with Gasteiger partial charge >= 0.3 is 0 Å². The fourth-order valence-corrected chi connectivity index (χ4v) is 10.9. The molecule has 83 heavy (non-hydrogen) atoms. The quantitative estimate of drug-likeness (QED) is 0.0323. The molecule has 0 fully saturated rings. The highest BCUT2D eigenvalue weighted by Crippen LogP contribution is 2.14. The molecule has 0 aliphatic carbocycles. The SMILES string of the molecule is CCCCCCCCCCCCNC(=O)CCN(CCNCCN(CCC(=O)NCCCCCCCCCCCC)CCN(CCC(=O)NCCCCCCCCCCCC)CCC(=O)NCCCCCCCCCCCC)CCC(N)=O. The molecule has 0 aromatic carbocycles. The Balaban J connectivity index is 5.50. The van der Waals surface area contributed by atoms with Crippen molar-refractivity contribution in [2.75, 3.05) is 98.2 Å². The minimum absolute atomic E-state index is 0.0464. The summed E-state index contributed by atoms with van der Waals surface area (Å²) >= 11 is 0. The van der Waals surface area contributed by atoms with Crippen LogP contribution < -0.4 is 32.3 Å². The Morgan fingerprint density at radius 2 is 0.434 bits per heavy atom. The molecule has 0 rings (SSSR count). The summed E-state index contributed by atoms with van der Waals surface area (Å²) in [6.45, 7) is 18.8. The number of carbonyl (C=O) groups excluding carboxylic acids is 5. The van der Waals surface area contributed by atoms with E-state index in [1.807, 2.05) is 0 Å². The third kappa shape index (κ3) is 62.1. The second-order valence-corrected chi connectivity index (χ2v) is 24.6. The van der Waals surface area contributed by atoms with Gasteiger partial charge < -0.3 is 47.0 Å². The lowest BCUT2D eigenvalue weighted by Gasteiger charge is -2.28. The molecule has 0 radical (unpaired) electrons. The van der Waals surface area contributed by atoms with Crippen LogP contribution in [-0.2, 0) is 24.0 Å². The van der Waals surface area contributed by atoms with Crippen LogP contribution in [0.5, 0.6) is 0 Å². The van der Waals surface area contributed by atoms with Crippen LogP contribution in [0.25, 0.3) is 0 Å². The summed E-state index contributed by atoms with van der Waals surface area (Å²) in [6, 6.07) is 0. The summed E-state index contributed by atoms with van der Waals surface area (Å²) in [7, 11) is 0. The summed E-state index contributed by atoms with van der Waals surface area (Å²) in [6.07, 6.45) is 52.3. The van der Waals surface area contributed by atoms with E-state index in [9.17, 15) is 24.0 Å². The standard InChI is InChI=1S/C69H139N9O5/c1-5-9-13-17-21-25-29-33-37-41-50-72-66(80)46-57-76(56-45-65(70)79)61-54-71-55-62-78(60-49-69(83)75-53-44-40-36-32-28-24-20-16-12-8-4)64-63-77(58-47-67(81)73-51-42-38-34-30-26-22-18-14-10-6-2)59-48-68(82)74-52-43-39-35-31-27-23-19-15-11-7-3/h71H,5-64H2,1-4H3,(H2,70,79)(H,72,80)(H,73,81)(H,74,82)(H,75,83). The average molecular weight is 1170 g/mol. The normalized spacial score (nSPS) is 11.6. The highest BCUT2D eigenvalue weighted by molar-refractivity contribution is 5.77. The van der Waals surface area contributed by atoms with E-state index in [1.165, 1.54) is 205 Å². The number of rotatable bonds is 68. The van der Waals surface area contributed by atoms with Crippen LogP contribution in [-0.4, -0.2) is 142 Å². The van der Waals surface area contributed by atoms with Crippen LogP contribution >= 0.6 is 0 Å². The molecule has 0 aromatic rings. The molecule has 0 saturated heterocycles. The van der Waals surface area contributed by atoms with Crippen molar-refractivity contribution in [1.29, 1.82) is 0 Å². The molecular weight excluding hydrogens is 1030 g/mol. The fourth-order valence-electron chi connectivity index (χ4n) is 10.9. The topological polar surface area (TPSA) is 181 Å². The zero-order valence-corrected chi connectivity index (χ0v) is 55.4. The molecule has 0 spiro atoms. The summed E-state index contributed by atoms with van der Waals surface area (Å²) in [5.74, 6) is -0.102. The summed E-state index contributed by atoms with van der Waals surface area (Å²) in [5.41, 5.74) is 5.57. The van der Waals surface area contributed by atoms with Crippen LogP contribution in [0, 0.1) is 0 Å². The third-order valence-corrected chi connectivity index (χ3v) is 16.6. The van der Waals surface area contributed by atoms with Gasteiger partial charge in [0, 0.05) is 130 Å². The van der Waals surface area contributed by atoms with Crippen LogP contribution in [0.1, 0.15) is 317 Å². The maximum Gasteiger partial charge on any atom is 0.221 e. The molecule has 0 aliphatic heterocycles. The zero-order chi connectivity index (χ0) is 60.6. The first-order valence-corrected chi connectivity index (χ1v) is 35.9. The number of carbonyl (C=O) groups is 5. The molecule has 0 saturated carbocycles. The van der Waals surface area contributed by atoms with Gasteiger partial charge in [0.05, 0.1) is 0 Å². The van der Waals surface area contributed by atoms with Crippen molar-refractivity contribution < 1.29 is 24.0 Å². The van der Waals surface area contributed by atoms with E-state index in [4.69, 9.17) is 5.73 Å². The van der Waals surface area contributed by atoms with E-state index in [0.717, 1.165) is 57.9 Å². The van der Waals surface area contributed by atoms with E-state index in [-0.39, 0.29) is 36.0 Å². The van der Waals surface area contributed by atoms with E-state index in [0.29, 0.717) is 117 Å². The van der Waals surface area contributed by atoms with Crippen molar-refractivity contribution in [1.82, 2.24) is 41.3 Å². The predicted octanol–water partition coefficient (Wildman–Crippen LogP) is 14.1. The molecule has 0 atom stereocenters. The van der Waals surface area contributed by atoms with Crippen molar-refractivity contribution in [2.24, 2.45) is 5.73 Å². The van der Waals surface area contributed by atoms with Gasteiger partial charge in [-0.2, -0.15) is 0 Å². The van der Waals surface area contributed by atoms with Gasteiger partial charge in [0.2, 0.25) is 29.5 Å². The van der Waals surface area contributed by atoms with Crippen LogP contribution in [0.4, 0.5) is 0 Å². The first kappa shape index (κ1) is 80.2. The Kier molecular flexibility index (Phi) is 63.0. The first-order valence-electron chi connectivity index (χ1n) is 35.9. The molecule has 490 valence electrons. The Labute approximate surface area is 513 Å². The van der Waals surface area contributed by atoms with Gasteiger partial charge in [-0.05, 0) is 25.7 Å². The summed E-state index contributed by atoms with van der Waals surface area (Å²) < 4.78 is 0. The predicted molar refractivity (Wildman–Crippen MR) is 354 cm³/mol. The number of unbranched alkanes of at least 4 members (excludes halogenated alkanes) is 36. The molecule has 0 unspecified atom stereocenters. The summed E-state index contributed by atoms with van der Waals surface area (Å²) in [5, 5.41) is 16.2. The second kappa shape index (κ2) is 65.2. The van der Waals surface area contributed by atoms with E-state index < -0.39 is 0 Å². The lowest BCUT2D eigenvalue weighted by Crippen LogP contribution is -2.43. The Morgan fingerprint density at radius 3 is 0.663 bits per heavy atom. The van der Waals surface area contributed by atoms with E-state index in [2.05, 4.69) is 69.0 Å². The van der Waals surface area contributed by atoms with Crippen LogP contribution in [0.2, 0.25) is 0 Å². The van der Waals surface area contributed by atoms with Crippen molar-refractivity contribution in [2.45, 2.75) is 317 Å². The van der Waals surface area contributed by atoms with Gasteiger partial charge in [-0.1, -0.05) is 259 Å². The number of nitrogens with zero attached hydrogens (tertiary/aromatic N) is 3. The van der Waals surface area contributed by atoms with Gasteiger partial charge in [-0.15, -0.1) is 0 Å². The lowest BCUT2D eigenvalue weighted by atomic mass is 10.1. The largest absolute Gasteiger partial charge is 0.370 e. The number of primary amides is 1. The maximum absolute atomic E-state index is 13.2. The molecule has 5 amide bonds. The molecule has 0 bridgehead atoms. The third-order valence-electron chi connectivity index (χ3n) is 16.6. The number of nitrogens with one attached hydrogen (secondary N) is 5. The Hall–Kier alpha value is -2.81. The maximum atomic E-state index is 13.2. The van der Waals surface area contributed by atoms with Crippen molar-refractivity contribution in [3.05, 3.63) is 0 Å². The molecule has 0 aromatic heterocycles. The number of hydrogen-bond acceptors (Lipinski definition) is 9. The molecule has 0 heterocycles. The fraction of sp³-hybridized carbons (Fsp3) is 0.928. The van der Waals surface area contributed by atoms with Gasteiger partial charge in [-0.3, -0.25) is 24.0 Å². The highest BCUT2D eigenvalue weighted by atomic mass is 16.2. The van der Waals surface area contributed by atoms with Gasteiger partial charge in [0.25, 0.3) is 0 Å². The molecule has 14 heteroatoms. The average Bonchev–Trinajstić information content (AvgIpc) is 3.48. The summed E-state index contributed by atoms with van der Waals surface area (Å²) in [4.78, 5) is 71.0. The lowest BCUT2D eigenvalue weighted by molar-refractivity contribution is -0.123. The first-order chi connectivity index (χ1) is 40.6. The minimum atomic E-state index is -0.347. The second-order valence-electron chi connectivity index (χ2n) is 24.6. The number of hydrogen-bond donors (Lipinski definition) is 6. The molecule has 14 nitrogen and oxygen atoms in total. The highest BCUT2D eigenvalue weighted by Gasteiger charge is 2.16. The molecule has 0 aliphatic rings. The number of amides is 5. The van der Waals surface area contributed by atoms with E-state index in [1.54, 1.807) is 0 Å². The smallest absolute Gasteiger partial charge is 0.221 e. The Morgan fingerprint density at radius 1 is 0.241 bits per heavy atom. The van der Waals surface area contributed by atoms with Crippen LogP contribution in [0.15, 0.2) is 0 Å². The molecule has 7 N–H and O–H groups in total. The van der Waals surface area contributed by atoms with E-state index >= 15 is 0 Å². The Bertz CT molecular complexity index is 1400. The van der Waals surface area contributed by atoms with Gasteiger partial charge in [0.15, 0.2) is 0 Å². The van der Waals surface area contributed by atoms with Crippen molar-refractivity contribution in [3.63, 3.8) is 0 Å². The van der Waals surface area contributed by atoms with Crippen LogP contribution in [0.3, 0.4) is 0 Å². The number of nitrogens with two attached hydrogens (primary N) is 1. The van der Waals surface area contributed by atoms with Crippen molar-refractivity contribution in [3.8, 4) is 0 Å². The monoisotopic (exact) mass is 1170 g/mol. The zero-order valence-electron chi connectivity index (χ0n) is 55.4. The van der Waals surface area contributed by atoms with Gasteiger partial charge in [-0.25, -0.2) is 0 Å². The molecular formula is C69H139N9O5. The van der Waals surface area contributed by atoms with Gasteiger partial charge in [0.1, 0.15) is 0 Å². The minimum Gasteiger partial charge on any atom is -0.370 e.